The van der Waals surface area contributed by atoms with Gasteiger partial charge in [-0.1, -0.05) is 35.9 Å². The number of carboxylic acids is 1. The van der Waals surface area contributed by atoms with Gasteiger partial charge >= 0.3 is 5.97 Å². The number of fused-ring (bicyclic) bond motifs is 1. The van der Waals surface area contributed by atoms with E-state index in [0.717, 1.165) is 5.56 Å². The van der Waals surface area contributed by atoms with E-state index < -0.39 is 11.9 Å². The maximum absolute atomic E-state index is 11.6. The van der Waals surface area contributed by atoms with Crippen molar-refractivity contribution in [1.29, 1.82) is 0 Å². The van der Waals surface area contributed by atoms with Crippen molar-refractivity contribution in [1.82, 2.24) is 0 Å². The molecule has 0 radical (unpaired) electrons. The zero-order valence-electron chi connectivity index (χ0n) is 11.8. The van der Waals surface area contributed by atoms with Crippen molar-refractivity contribution in [2.75, 3.05) is 13.2 Å². The second-order valence-electron chi connectivity index (χ2n) is 5.09. The molecule has 4 nitrogen and oxygen atoms in total. The van der Waals surface area contributed by atoms with Gasteiger partial charge in [-0.15, -0.1) is 0 Å². The summed E-state index contributed by atoms with van der Waals surface area (Å²) >= 11 is 6.14. The molecule has 0 saturated heterocycles. The summed E-state index contributed by atoms with van der Waals surface area (Å²) in [6.07, 6.45) is 0.343. The molecule has 1 N–H and O–H groups in total. The predicted octanol–water partition coefficient (Wildman–Crippen LogP) is 3.52. The average molecular weight is 319 g/mol. The largest absolute Gasteiger partial charge is 0.486 e. The van der Waals surface area contributed by atoms with Crippen LogP contribution in [0.2, 0.25) is 5.02 Å². The lowest BCUT2D eigenvalue weighted by Crippen LogP contribution is -2.17. The maximum Gasteiger partial charge on any atom is 0.311 e. The summed E-state index contributed by atoms with van der Waals surface area (Å²) in [5.74, 6) is -0.245. The van der Waals surface area contributed by atoms with E-state index in [1.807, 2.05) is 18.2 Å². The molecular formula is C17H15ClO4. The van der Waals surface area contributed by atoms with Gasteiger partial charge in [-0.05, 0) is 35.7 Å². The molecule has 2 aromatic carbocycles. The molecule has 1 unspecified atom stereocenters. The topological polar surface area (TPSA) is 55.8 Å². The molecule has 0 aliphatic carbocycles. The summed E-state index contributed by atoms with van der Waals surface area (Å²) in [7, 11) is 0. The summed E-state index contributed by atoms with van der Waals surface area (Å²) in [5.41, 5.74) is 1.49. The summed E-state index contributed by atoms with van der Waals surface area (Å²) < 4.78 is 11.0. The molecule has 0 bridgehead atoms. The molecule has 1 aliphatic heterocycles. The molecule has 0 spiro atoms. The number of halogens is 1. The maximum atomic E-state index is 11.6. The van der Waals surface area contributed by atoms with E-state index in [4.69, 9.17) is 21.1 Å². The first-order valence-corrected chi connectivity index (χ1v) is 7.38. The second kappa shape index (κ2) is 6.28. The standard InChI is InChI=1S/C17H15ClO4/c18-14-4-2-1-3-12(14)13(17(19)20)9-11-5-6-15-16(10-11)22-8-7-21-15/h1-6,10,13H,7-9H2,(H,19,20). The Morgan fingerprint density at radius 1 is 1.14 bits per heavy atom. The van der Waals surface area contributed by atoms with Crippen LogP contribution in [0, 0.1) is 0 Å². The molecule has 1 heterocycles. The molecule has 1 aliphatic rings. The highest BCUT2D eigenvalue weighted by Crippen LogP contribution is 2.33. The Morgan fingerprint density at radius 2 is 1.86 bits per heavy atom. The molecule has 2 aromatic rings. The molecule has 5 heteroatoms. The minimum Gasteiger partial charge on any atom is -0.486 e. The van der Waals surface area contributed by atoms with Crippen LogP contribution in [0.15, 0.2) is 42.5 Å². The first kappa shape index (κ1) is 14.7. The SMILES string of the molecule is O=C(O)C(Cc1ccc2c(c1)OCCO2)c1ccccc1Cl. The van der Waals surface area contributed by atoms with Crippen LogP contribution in [0.3, 0.4) is 0 Å². The van der Waals surface area contributed by atoms with Gasteiger partial charge < -0.3 is 14.6 Å². The van der Waals surface area contributed by atoms with E-state index in [0.29, 0.717) is 41.7 Å². The Labute approximate surface area is 133 Å². The molecule has 22 heavy (non-hydrogen) atoms. The predicted molar refractivity (Wildman–Crippen MR) is 83.0 cm³/mol. The van der Waals surface area contributed by atoms with E-state index in [9.17, 15) is 9.90 Å². The number of ether oxygens (including phenoxy) is 2. The highest BCUT2D eigenvalue weighted by atomic mass is 35.5. The fourth-order valence-corrected chi connectivity index (χ4v) is 2.81. The number of carboxylic acid groups (broad SMARTS) is 1. The number of carbonyl (C=O) groups is 1. The second-order valence-corrected chi connectivity index (χ2v) is 5.50. The van der Waals surface area contributed by atoms with E-state index in [1.165, 1.54) is 0 Å². The monoisotopic (exact) mass is 318 g/mol. The smallest absolute Gasteiger partial charge is 0.311 e. The highest BCUT2D eigenvalue weighted by molar-refractivity contribution is 6.31. The molecule has 3 rings (SSSR count). The average Bonchev–Trinajstić information content (AvgIpc) is 2.53. The van der Waals surface area contributed by atoms with Crippen molar-refractivity contribution >= 4 is 17.6 Å². The zero-order valence-corrected chi connectivity index (χ0v) is 12.5. The third-order valence-electron chi connectivity index (χ3n) is 3.63. The lowest BCUT2D eigenvalue weighted by atomic mass is 9.92. The van der Waals surface area contributed by atoms with E-state index >= 15 is 0 Å². The molecule has 0 saturated carbocycles. The van der Waals surface area contributed by atoms with Gasteiger partial charge in [-0.25, -0.2) is 0 Å². The molecule has 114 valence electrons. The fourth-order valence-electron chi connectivity index (χ4n) is 2.54. The lowest BCUT2D eigenvalue weighted by Gasteiger charge is -2.20. The van der Waals surface area contributed by atoms with Crippen LogP contribution >= 0.6 is 11.6 Å². The Balaban J connectivity index is 1.89. The van der Waals surface area contributed by atoms with Gasteiger partial charge in [0.25, 0.3) is 0 Å². The Hall–Kier alpha value is -2.20. The number of hydrogen-bond acceptors (Lipinski definition) is 3. The van der Waals surface area contributed by atoms with Crippen molar-refractivity contribution < 1.29 is 19.4 Å². The first-order valence-electron chi connectivity index (χ1n) is 7.01. The number of aliphatic carboxylic acids is 1. The van der Waals surface area contributed by atoms with Gasteiger partial charge in [-0.2, -0.15) is 0 Å². The normalized spacial score (nSPS) is 14.4. The molecule has 0 amide bonds. The van der Waals surface area contributed by atoms with Crippen molar-refractivity contribution in [2.24, 2.45) is 0 Å². The minimum atomic E-state index is -0.900. The van der Waals surface area contributed by atoms with Gasteiger partial charge in [0, 0.05) is 5.02 Å². The van der Waals surface area contributed by atoms with Crippen LogP contribution < -0.4 is 9.47 Å². The summed E-state index contributed by atoms with van der Waals surface area (Å²) in [5, 5.41) is 10.0. The number of benzene rings is 2. The van der Waals surface area contributed by atoms with Gasteiger partial charge in [0.15, 0.2) is 11.5 Å². The van der Waals surface area contributed by atoms with E-state index in [1.54, 1.807) is 24.3 Å². The van der Waals surface area contributed by atoms with Crippen molar-refractivity contribution in [3.63, 3.8) is 0 Å². The quantitative estimate of drug-likeness (QED) is 0.937. The first-order chi connectivity index (χ1) is 10.6. The van der Waals surface area contributed by atoms with Crippen molar-refractivity contribution in [2.45, 2.75) is 12.3 Å². The van der Waals surface area contributed by atoms with Crippen LogP contribution in [0.4, 0.5) is 0 Å². The Kier molecular flexibility index (Phi) is 4.20. The van der Waals surface area contributed by atoms with Gasteiger partial charge in [-0.3, -0.25) is 4.79 Å². The number of hydrogen-bond donors (Lipinski definition) is 1. The summed E-state index contributed by atoms with van der Waals surface area (Å²) in [4.78, 5) is 11.6. The Bertz CT molecular complexity index is 699. The van der Waals surface area contributed by atoms with E-state index in [-0.39, 0.29) is 0 Å². The van der Waals surface area contributed by atoms with Crippen LogP contribution in [0.25, 0.3) is 0 Å². The van der Waals surface area contributed by atoms with Crippen LogP contribution in [0.5, 0.6) is 11.5 Å². The third kappa shape index (κ3) is 3.02. The third-order valence-corrected chi connectivity index (χ3v) is 3.97. The van der Waals surface area contributed by atoms with Crippen molar-refractivity contribution in [3.8, 4) is 11.5 Å². The molecule has 0 aromatic heterocycles. The summed E-state index contributed by atoms with van der Waals surface area (Å²) in [6.45, 7) is 1.03. The molecule has 1 atom stereocenters. The van der Waals surface area contributed by atoms with Gasteiger partial charge in [0.2, 0.25) is 0 Å². The fraction of sp³-hybridized carbons (Fsp3) is 0.235. The lowest BCUT2D eigenvalue weighted by molar-refractivity contribution is -0.138. The summed E-state index contributed by atoms with van der Waals surface area (Å²) in [6, 6.07) is 12.5. The van der Waals surface area contributed by atoms with Crippen LogP contribution in [-0.2, 0) is 11.2 Å². The Morgan fingerprint density at radius 3 is 2.59 bits per heavy atom. The van der Waals surface area contributed by atoms with Crippen LogP contribution in [-0.4, -0.2) is 24.3 Å². The zero-order chi connectivity index (χ0) is 15.5. The molecular weight excluding hydrogens is 304 g/mol. The van der Waals surface area contributed by atoms with Gasteiger partial charge in [0.1, 0.15) is 13.2 Å². The molecule has 0 fully saturated rings. The number of rotatable bonds is 4. The van der Waals surface area contributed by atoms with Crippen molar-refractivity contribution in [3.05, 3.63) is 58.6 Å². The minimum absolute atomic E-state index is 0.343. The van der Waals surface area contributed by atoms with Gasteiger partial charge in [0.05, 0.1) is 5.92 Å². The van der Waals surface area contributed by atoms with Crippen LogP contribution in [0.1, 0.15) is 17.0 Å². The van der Waals surface area contributed by atoms with E-state index in [2.05, 4.69) is 0 Å². The highest BCUT2D eigenvalue weighted by Gasteiger charge is 2.23.